The summed E-state index contributed by atoms with van der Waals surface area (Å²) in [5.74, 6) is 1.41. The third-order valence-corrected chi connectivity index (χ3v) is 9.39. The molecule has 0 bridgehead atoms. The van der Waals surface area contributed by atoms with Crippen LogP contribution in [-0.2, 0) is 11.2 Å². The van der Waals surface area contributed by atoms with E-state index in [0.29, 0.717) is 29.2 Å². The maximum atomic E-state index is 12.7. The van der Waals surface area contributed by atoms with E-state index in [9.17, 15) is 15.0 Å². The maximum Gasteiger partial charge on any atom is 0.342 e. The average Bonchev–Trinajstić information content (AvgIpc) is 3.06. The lowest BCUT2D eigenvalue weighted by molar-refractivity contribution is -0.113. The first-order chi connectivity index (χ1) is 15.0. The molecule has 0 aromatic carbocycles. The van der Waals surface area contributed by atoms with Crippen molar-refractivity contribution in [3.63, 3.8) is 0 Å². The summed E-state index contributed by atoms with van der Waals surface area (Å²) in [6.45, 7) is 15.0. The van der Waals surface area contributed by atoms with Gasteiger partial charge in [-0.15, -0.1) is 0 Å². The Labute approximate surface area is 191 Å². The Morgan fingerprint density at radius 1 is 1.22 bits per heavy atom. The van der Waals surface area contributed by atoms with Crippen molar-refractivity contribution in [3.05, 3.63) is 39.5 Å². The number of aliphatic hydroxyl groups is 1. The fourth-order valence-corrected chi connectivity index (χ4v) is 7.43. The monoisotopic (exact) mass is 444 g/mol. The molecular formula is C27H40O5. The van der Waals surface area contributed by atoms with E-state index in [4.69, 9.17) is 9.15 Å². The Bertz CT molecular complexity index is 948. The van der Waals surface area contributed by atoms with E-state index < -0.39 is 5.63 Å². The number of ether oxygens (including phenoxy) is 1. The van der Waals surface area contributed by atoms with Crippen LogP contribution in [0.25, 0.3) is 0 Å². The fourth-order valence-electron chi connectivity index (χ4n) is 7.43. The summed E-state index contributed by atoms with van der Waals surface area (Å²) < 4.78 is 12.0. The molecular weight excluding hydrogens is 404 g/mol. The van der Waals surface area contributed by atoms with Crippen molar-refractivity contribution in [2.24, 2.45) is 28.6 Å². The molecule has 5 nitrogen and oxygen atoms in total. The van der Waals surface area contributed by atoms with Crippen molar-refractivity contribution < 1.29 is 19.4 Å². The predicted octanol–water partition coefficient (Wildman–Crippen LogP) is 5.07. The molecule has 0 amide bonds. The Hall–Kier alpha value is -1.59. The fraction of sp³-hybridized carbons (Fsp3) is 0.741. The molecule has 7 unspecified atom stereocenters. The van der Waals surface area contributed by atoms with E-state index in [2.05, 4.69) is 27.4 Å². The second-order valence-electron chi connectivity index (χ2n) is 11.4. The highest BCUT2D eigenvalue weighted by Crippen LogP contribution is 2.65. The van der Waals surface area contributed by atoms with Crippen molar-refractivity contribution in [3.8, 4) is 5.75 Å². The molecule has 4 rings (SSSR count). The van der Waals surface area contributed by atoms with Crippen LogP contribution in [0.3, 0.4) is 0 Å². The minimum Gasteiger partial charge on any atom is -0.507 e. The molecule has 2 saturated carbocycles. The lowest BCUT2D eigenvalue weighted by Gasteiger charge is -2.59. The van der Waals surface area contributed by atoms with Gasteiger partial charge in [-0.05, 0) is 87.4 Å². The van der Waals surface area contributed by atoms with Crippen LogP contribution in [0, 0.1) is 42.4 Å². The van der Waals surface area contributed by atoms with Gasteiger partial charge in [0.05, 0.1) is 17.8 Å². The van der Waals surface area contributed by atoms with E-state index in [1.807, 2.05) is 0 Å². The predicted molar refractivity (Wildman–Crippen MR) is 125 cm³/mol. The summed E-state index contributed by atoms with van der Waals surface area (Å²) in [6, 6.07) is 0. The van der Waals surface area contributed by atoms with E-state index in [1.165, 1.54) is 5.57 Å². The number of hydrogen-bond donors (Lipinski definition) is 2. The lowest BCUT2D eigenvalue weighted by Crippen LogP contribution is -2.54. The molecule has 3 aliphatic rings. The first-order valence-electron chi connectivity index (χ1n) is 12.3. The van der Waals surface area contributed by atoms with Crippen molar-refractivity contribution >= 4 is 0 Å². The van der Waals surface area contributed by atoms with E-state index in [1.54, 1.807) is 13.8 Å². The summed E-state index contributed by atoms with van der Waals surface area (Å²) in [6.07, 6.45) is 6.94. The molecule has 5 heteroatoms. The Kier molecular flexibility index (Phi) is 6.13. The third kappa shape index (κ3) is 3.66. The quantitative estimate of drug-likeness (QED) is 0.620. The Balaban J connectivity index is 1.65. The molecule has 178 valence electrons. The number of allylic oxidation sites excluding steroid dienone is 1. The van der Waals surface area contributed by atoms with Gasteiger partial charge in [0.15, 0.2) is 0 Å². The largest absolute Gasteiger partial charge is 0.507 e. The number of aryl methyl sites for hydroxylation is 1. The highest BCUT2D eigenvalue weighted by Gasteiger charge is 2.61. The molecule has 0 radical (unpaired) electrons. The molecule has 7 atom stereocenters. The topological polar surface area (TPSA) is 79.9 Å². The van der Waals surface area contributed by atoms with Crippen molar-refractivity contribution in [1.82, 2.24) is 0 Å². The molecule has 1 aromatic rings. The van der Waals surface area contributed by atoms with Gasteiger partial charge in [-0.25, -0.2) is 4.79 Å². The normalized spacial score (nSPS) is 37.8. The van der Waals surface area contributed by atoms with Crippen LogP contribution in [0.15, 0.2) is 21.4 Å². The van der Waals surface area contributed by atoms with Crippen LogP contribution in [-0.4, -0.2) is 29.0 Å². The zero-order valence-corrected chi connectivity index (χ0v) is 20.4. The number of aliphatic hydroxyl groups excluding tert-OH is 1. The van der Waals surface area contributed by atoms with Gasteiger partial charge in [0.1, 0.15) is 11.5 Å². The van der Waals surface area contributed by atoms with Crippen LogP contribution in [0.2, 0.25) is 0 Å². The second-order valence-corrected chi connectivity index (χ2v) is 11.4. The summed E-state index contributed by atoms with van der Waals surface area (Å²) in [7, 11) is 0. The molecule has 1 aliphatic heterocycles. The molecule has 3 fully saturated rings. The number of hydrogen-bond acceptors (Lipinski definition) is 5. The van der Waals surface area contributed by atoms with Crippen LogP contribution in [0.1, 0.15) is 76.2 Å². The molecule has 2 heterocycles. The van der Waals surface area contributed by atoms with E-state index in [-0.39, 0.29) is 47.2 Å². The van der Waals surface area contributed by atoms with Gasteiger partial charge >= 0.3 is 5.63 Å². The van der Waals surface area contributed by atoms with Crippen molar-refractivity contribution in [2.45, 2.75) is 91.8 Å². The van der Waals surface area contributed by atoms with Gasteiger partial charge in [-0.1, -0.05) is 32.9 Å². The van der Waals surface area contributed by atoms with Crippen molar-refractivity contribution in [1.29, 1.82) is 0 Å². The van der Waals surface area contributed by atoms with Gasteiger partial charge < -0.3 is 19.4 Å². The maximum absolute atomic E-state index is 12.7. The number of fused-ring (bicyclic) bond motifs is 3. The van der Waals surface area contributed by atoms with Crippen LogP contribution < -0.4 is 5.63 Å². The molecule has 2 aliphatic carbocycles. The standard InChI is InChI=1S/C27H40O5/c1-15(14-28)11-19-13-27(6)22-8-7-16(2)21(26(22,5)10-9-23(27)32-19)12-20-24(29)17(3)18(4)31-25(20)30/h15,19,21-23,28-29H,2,7-14H2,1,3-6H3. The first kappa shape index (κ1) is 23.6. The highest BCUT2D eigenvalue weighted by atomic mass is 16.5. The van der Waals surface area contributed by atoms with Crippen molar-refractivity contribution in [2.75, 3.05) is 6.61 Å². The lowest BCUT2D eigenvalue weighted by atomic mass is 9.45. The number of rotatable bonds is 5. The first-order valence-corrected chi connectivity index (χ1v) is 12.3. The van der Waals surface area contributed by atoms with Gasteiger partial charge in [-0.2, -0.15) is 0 Å². The van der Waals surface area contributed by atoms with Gasteiger partial charge in [0.25, 0.3) is 0 Å². The number of aromatic hydroxyl groups is 1. The average molecular weight is 445 g/mol. The molecule has 0 spiro atoms. The van der Waals surface area contributed by atoms with Gasteiger partial charge in [0.2, 0.25) is 0 Å². The Morgan fingerprint density at radius 2 is 1.94 bits per heavy atom. The second kappa shape index (κ2) is 8.32. The van der Waals surface area contributed by atoms with E-state index in [0.717, 1.165) is 38.5 Å². The summed E-state index contributed by atoms with van der Waals surface area (Å²) >= 11 is 0. The smallest absolute Gasteiger partial charge is 0.342 e. The molecule has 32 heavy (non-hydrogen) atoms. The zero-order chi connectivity index (χ0) is 23.4. The molecule has 1 saturated heterocycles. The Morgan fingerprint density at radius 3 is 2.62 bits per heavy atom. The molecule has 2 N–H and O–H groups in total. The minimum atomic E-state index is -0.425. The zero-order valence-electron chi connectivity index (χ0n) is 20.4. The SMILES string of the molecule is C=C1CCC2C3(C)CC(CC(C)CO)OC3CCC2(C)C1Cc1c(O)c(C)c(C)oc1=O. The van der Waals surface area contributed by atoms with Gasteiger partial charge in [0, 0.05) is 12.2 Å². The molecule has 1 aromatic heterocycles. The van der Waals surface area contributed by atoms with Crippen LogP contribution >= 0.6 is 0 Å². The van der Waals surface area contributed by atoms with Crippen LogP contribution in [0.4, 0.5) is 0 Å². The van der Waals surface area contributed by atoms with E-state index >= 15 is 0 Å². The summed E-state index contributed by atoms with van der Waals surface area (Å²) in [4.78, 5) is 12.7. The summed E-state index contributed by atoms with van der Waals surface area (Å²) in [5.41, 5.74) is 1.88. The summed E-state index contributed by atoms with van der Waals surface area (Å²) in [5, 5.41) is 20.3. The van der Waals surface area contributed by atoms with Crippen LogP contribution in [0.5, 0.6) is 5.75 Å². The third-order valence-electron chi connectivity index (χ3n) is 9.39. The highest BCUT2D eigenvalue weighted by molar-refractivity contribution is 5.40. The minimum absolute atomic E-state index is 0.000894. The van der Waals surface area contributed by atoms with Gasteiger partial charge in [-0.3, -0.25) is 0 Å².